The summed E-state index contributed by atoms with van der Waals surface area (Å²) in [6.07, 6.45) is 7.74. The van der Waals surface area contributed by atoms with Crippen molar-refractivity contribution < 1.29 is 0 Å². The van der Waals surface area contributed by atoms with Crippen LogP contribution in [-0.2, 0) is 19.0 Å². The van der Waals surface area contributed by atoms with Crippen molar-refractivity contribution in [2.24, 2.45) is 24.8 Å². The summed E-state index contributed by atoms with van der Waals surface area (Å²) in [7, 11) is 1.50. The molecule has 2 heterocycles. The van der Waals surface area contributed by atoms with Gasteiger partial charge in [-0.1, -0.05) is 0 Å². The van der Waals surface area contributed by atoms with Crippen LogP contribution in [0.4, 0.5) is 0 Å². The summed E-state index contributed by atoms with van der Waals surface area (Å²) in [6.45, 7) is 2.59. The van der Waals surface area contributed by atoms with Gasteiger partial charge in [0, 0.05) is 19.0 Å². The summed E-state index contributed by atoms with van der Waals surface area (Å²) in [5, 5.41) is 4.89. The second-order valence-corrected chi connectivity index (χ2v) is 8.54. The number of nitrogens with zero attached hydrogens (tertiary/aromatic N) is 4. The van der Waals surface area contributed by atoms with E-state index in [0.29, 0.717) is 17.9 Å². The molecule has 0 aromatic carbocycles. The Morgan fingerprint density at radius 1 is 1.12 bits per heavy atom. The Balaban J connectivity index is 1.74. The molecule has 4 aliphatic carbocycles. The van der Waals surface area contributed by atoms with Gasteiger partial charge in [-0.05, 0) is 69.3 Å². The summed E-state index contributed by atoms with van der Waals surface area (Å²) < 4.78 is 2.86. The van der Waals surface area contributed by atoms with E-state index in [1.54, 1.807) is 4.68 Å². The van der Waals surface area contributed by atoms with Crippen LogP contribution >= 0.6 is 0 Å². The van der Waals surface area contributed by atoms with E-state index < -0.39 is 5.69 Å². The number of hydrogen-bond acceptors (Lipinski definition) is 4. The van der Waals surface area contributed by atoms with Crippen molar-refractivity contribution >= 4 is 0 Å². The number of aryl methyl sites for hydroxylation is 1. The molecule has 0 radical (unpaired) electrons. The largest absolute Gasteiger partial charge is 0.352 e. The van der Waals surface area contributed by atoms with Crippen LogP contribution in [0.2, 0.25) is 0 Å². The molecule has 132 valence electrons. The third-order valence-corrected chi connectivity index (χ3v) is 6.90. The monoisotopic (exact) mass is 340 g/mol. The molecule has 0 spiro atoms. The van der Waals surface area contributed by atoms with E-state index in [2.05, 4.69) is 4.98 Å². The summed E-state index contributed by atoms with van der Waals surface area (Å²) in [6, 6.07) is 1.95. The van der Waals surface area contributed by atoms with Gasteiger partial charge >= 0.3 is 5.69 Å². The molecule has 6 aliphatic rings. The van der Waals surface area contributed by atoms with Gasteiger partial charge in [-0.3, -0.25) is 9.36 Å². The number of fused-ring (bicyclic) bond motifs is 1. The minimum absolute atomic E-state index is 0.126. The molecule has 0 atom stereocenters. The normalized spacial score (nSPS) is 33.3. The van der Waals surface area contributed by atoms with Crippen molar-refractivity contribution in [1.82, 2.24) is 19.3 Å². The molecule has 0 aromatic rings. The zero-order valence-electron chi connectivity index (χ0n) is 14.9. The molecule has 25 heavy (non-hydrogen) atoms. The van der Waals surface area contributed by atoms with E-state index in [0.717, 1.165) is 28.0 Å². The minimum Gasteiger partial charge on any atom is -0.268 e. The van der Waals surface area contributed by atoms with Gasteiger partial charge in [-0.2, -0.15) is 10.1 Å². The van der Waals surface area contributed by atoms with Gasteiger partial charge in [-0.25, -0.2) is 9.48 Å². The highest BCUT2D eigenvalue weighted by atomic mass is 16.2. The average molecular weight is 340 g/mol. The molecular weight excluding hydrogens is 316 g/mol. The Morgan fingerprint density at radius 3 is 2.28 bits per heavy atom. The van der Waals surface area contributed by atoms with Gasteiger partial charge in [0.2, 0.25) is 0 Å². The maximum absolute atomic E-state index is 12.7. The van der Waals surface area contributed by atoms with E-state index >= 15 is 0 Å². The van der Waals surface area contributed by atoms with Gasteiger partial charge in [0.05, 0.1) is 11.3 Å². The number of aromatic nitrogens is 4. The molecule has 0 saturated heterocycles. The third-order valence-electron chi connectivity index (χ3n) is 6.90. The second-order valence-electron chi connectivity index (χ2n) is 8.54. The molecule has 6 heteroatoms. The fraction of sp³-hybridized carbons (Fsp3) is 0.684. The average Bonchev–Trinajstić information content (AvgIpc) is 2.58. The maximum Gasteiger partial charge on any atom is 0.352 e. The van der Waals surface area contributed by atoms with E-state index in [1.807, 2.05) is 13.0 Å². The van der Waals surface area contributed by atoms with Gasteiger partial charge in [0.15, 0.2) is 5.82 Å². The lowest BCUT2D eigenvalue weighted by Gasteiger charge is -2.56. The smallest absolute Gasteiger partial charge is 0.268 e. The molecular formula is C19H24N4O2. The standard InChI is InChI=1S/C19H24N4O2/c1-3-23-16-14(17(24)22(2)18(25)20-16)7-15(21-23)19-8-11-4-12(9-19)6-13(5-11)10-19/h7,11-13H,3-6,8-10H2,1-2H3. The molecule has 0 aromatic heterocycles. The van der Waals surface area contributed by atoms with Crippen LogP contribution in [0.25, 0.3) is 11.4 Å². The molecule has 6 rings (SSSR count). The van der Waals surface area contributed by atoms with Crippen molar-refractivity contribution in [3.63, 3.8) is 0 Å². The van der Waals surface area contributed by atoms with Crippen LogP contribution in [0.1, 0.15) is 51.1 Å². The summed E-state index contributed by atoms with van der Waals surface area (Å²) in [5.41, 5.74) is 0.943. The van der Waals surface area contributed by atoms with E-state index in [1.165, 1.54) is 45.6 Å². The van der Waals surface area contributed by atoms with Crippen LogP contribution in [0.5, 0.6) is 0 Å². The van der Waals surface area contributed by atoms with Crippen molar-refractivity contribution in [3.8, 4) is 11.4 Å². The van der Waals surface area contributed by atoms with E-state index in [-0.39, 0.29) is 11.0 Å². The Hall–Kier alpha value is -1.98. The lowest BCUT2D eigenvalue weighted by atomic mass is 9.49. The fourth-order valence-corrected chi connectivity index (χ4v) is 6.16. The Bertz CT molecular complexity index is 906. The highest BCUT2D eigenvalue weighted by molar-refractivity contribution is 5.55. The van der Waals surface area contributed by atoms with Gasteiger partial charge in [0.1, 0.15) is 0 Å². The lowest BCUT2D eigenvalue weighted by molar-refractivity contribution is -0.00798. The van der Waals surface area contributed by atoms with Gasteiger partial charge < -0.3 is 0 Å². The molecule has 0 unspecified atom stereocenters. The maximum atomic E-state index is 12.7. The van der Waals surface area contributed by atoms with Crippen molar-refractivity contribution in [1.29, 1.82) is 0 Å². The first kappa shape index (κ1) is 15.3. The van der Waals surface area contributed by atoms with Crippen molar-refractivity contribution in [2.45, 2.75) is 57.4 Å². The van der Waals surface area contributed by atoms with Gasteiger partial charge in [-0.15, -0.1) is 0 Å². The molecule has 2 aliphatic heterocycles. The second kappa shape index (κ2) is 5.02. The summed E-state index contributed by atoms with van der Waals surface area (Å²) >= 11 is 0. The predicted molar refractivity (Wildman–Crippen MR) is 93.7 cm³/mol. The van der Waals surface area contributed by atoms with Crippen molar-refractivity contribution in [2.75, 3.05) is 0 Å². The first-order chi connectivity index (χ1) is 12.0. The summed E-state index contributed by atoms with van der Waals surface area (Å²) in [4.78, 5) is 28.7. The highest BCUT2D eigenvalue weighted by Gasteiger charge is 2.52. The van der Waals surface area contributed by atoms with Gasteiger partial charge in [0.25, 0.3) is 5.56 Å². The minimum atomic E-state index is -0.510. The fourth-order valence-electron chi connectivity index (χ4n) is 6.16. The lowest BCUT2D eigenvalue weighted by Crippen LogP contribution is -2.49. The molecule has 4 saturated carbocycles. The Kier molecular flexibility index (Phi) is 3.07. The van der Waals surface area contributed by atoms with Crippen LogP contribution < -0.4 is 11.2 Å². The van der Waals surface area contributed by atoms with E-state index in [4.69, 9.17) is 5.10 Å². The van der Waals surface area contributed by atoms with Crippen LogP contribution in [-0.4, -0.2) is 19.3 Å². The number of rotatable bonds is 2. The molecule has 4 bridgehead atoms. The predicted octanol–water partition coefficient (Wildman–Crippen LogP) is 1.93. The number of hydrogen-bond donors (Lipinski definition) is 0. The topological polar surface area (TPSA) is 69.8 Å². The van der Waals surface area contributed by atoms with E-state index in [9.17, 15) is 9.59 Å². The zero-order chi connectivity index (χ0) is 17.3. The Labute approximate surface area is 146 Å². The molecule has 4 fully saturated rings. The summed E-state index contributed by atoms with van der Waals surface area (Å²) in [5.74, 6) is 2.89. The Morgan fingerprint density at radius 2 is 1.72 bits per heavy atom. The van der Waals surface area contributed by atoms with Crippen LogP contribution in [0.3, 0.4) is 0 Å². The third kappa shape index (κ3) is 2.09. The zero-order valence-corrected chi connectivity index (χ0v) is 14.9. The molecule has 6 nitrogen and oxygen atoms in total. The highest BCUT2D eigenvalue weighted by Crippen LogP contribution is 2.60. The molecule has 0 amide bonds. The quantitative estimate of drug-likeness (QED) is 0.838. The first-order valence-electron chi connectivity index (χ1n) is 9.48. The molecule has 0 N–H and O–H groups in total. The SMILES string of the molecule is CCn1nc(C23CC4CC(CC(C4)C2)C3)cc2c(=O)n(C)c(=O)nc1-2. The van der Waals surface area contributed by atoms with Crippen LogP contribution in [0.15, 0.2) is 15.7 Å². The first-order valence-corrected chi connectivity index (χ1v) is 9.48. The van der Waals surface area contributed by atoms with Crippen LogP contribution in [0, 0.1) is 17.8 Å². The van der Waals surface area contributed by atoms with Crippen molar-refractivity contribution in [3.05, 3.63) is 32.6 Å².